The summed E-state index contributed by atoms with van der Waals surface area (Å²) >= 11 is 0. The molecule has 4 nitrogen and oxygen atoms in total. The third kappa shape index (κ3) is 9.70. The normalized spacial score (nSPS) is 14.6. The topological polar surface area (TPSA) is 50.4 Å². The zero-order valence-electron chi connectivity index (χ0n) is 11.5. The molecular weight excluding hydrogens is 216 g/mol. The summed E-state index contributed by atoms with van der Waals surface area (Å²) < 4.78 is 5.13. The van der Waals surface area contributed by atoms with Crippen molar-refractivity contribution in [1.29, 1.82) is 0 Å². The quantitative estimate of drug-likeness (QED) is 0.720. The molecule has 0 spiro atoms. The number of nitrogens with one attached hydrogen (secondary N) is 2. The first-order chi connectivity index (χ1) is 7.74. The maximum atomic E-state index is 11.4. The first-order valence-corrected chi connectivity index (χ1v) is 5.91. The van der Waals surface area contributed by atoms with Crippen molar-refractivity contribution >= 4 is 6.09 Å². The molecule has 17 heavy (non-hydrogen) atoms. The van der Waals surface area contributed by atoms with E-state index in [-0.39, 0.29) is 12.1 Å². The van der Waals surface area contributed by atoms with Crippen LogP contribution < -0.4 is 10.6 Å². The van der Waals surface area contributed by atoms with Gasteiger partial charge in [-0.2, -0.15) is 0 Å². The summed E-state index contributed by atoms with van der Waals surface area (Å²) in [5, 5.41) is 5.90. The zero-order chi connectivity index (χ0) is 13.5. The van der Waals surface area contributed by atoms with Gasteiger partial charge in [0.2, 0.25) is 0 Å². The molecule has 2 atom stereocenters. The first-order valence-electron chi connectivity index (χ1n) is 5.91. The van der Waals surface area contributed by atoms with Gasteiger partial charge in [-0.15, -0.1) is 6.42 Å². The van der Waals surface area contributed by atoms with Crippen LogP contribution in [0.5, 0.6) is 0 Å². The predicted octanol–water partition coefficient (Wildman–Crippen LogP) is 1.76. The van der Waals surface area contributed by atoms with Crippen LogP contribution >= 0.6 is 0 Å². The van der Waals surface area contributed by atoms with Crippen molar-refractivity contribution in [3.05, 3.63) is 0 Å². The van der Waals surface area contributed by atoms with E-state index < -0.39 is 5.60 Å². The highest BCUT2D eigenvalue weighted by atomic mass is 16.6. The Labute approximate surface area is 104 Å². The highest BCUT2D eigenvalue weighted by Crippen LogP contribution is 2.06. The van der Waals surface area contributed by atoms with E-state index in [1.165, 1.54) is 0 Å². The number of alkyl carbamates (subject to hydrolysis) is 1. The number of ether oxygens (including phenoxy) is 1. The molecule has 0 aliphatic heterocycles. The fourth-order valence-electron chi connectivity index (χ4n) is 1.08. The van der Waals surface area contributed by atoms with Crippen LogP contribution in [0.2, 0.25) is 0 Å². The minimum absolute atomic E-state index is 0.0546. The lowest BCUT2D eigenvalue weighted by molar-refractivity contribution is 0.0520. The summed E-state index contributed by atoms with van der Waals surface area (Å²) in [4.78, 5) is 11.4. The number of terminal acetylenes is 1. The van der Waals surface area contributed by atoms with Crippen molar-refractivity contribution < 1.29 is 9.53 Å². The van der Waals surface area contributed by atoms with E-state index in [0.29, 0.717) is 12.5 Å². The standard InChI is InChI=1S/C13H24N2O2/c1-7-11(3)14-8-10(2)9-15-12(16)17-13(4,5)6/h1,10-11,14H,8-9H2,2-6H3,(H,15,16). The fraction of sp³-hybridized carbons (Fsp3) is 0.769. The maximum Gasteiger partial charge on any atom is 0.407 e. The Balaban J connectivity index is 3.74. The van der Waals surface area contributed by atoms with Gasteiger partial charge >= 0.3 is 6.09 Å². The number of carbonyl (C=O) groups is 1. The number of hydrogen-bond acceptors (Lipinski definition) is 3. The van der Waals surface area contributed by atoms with Crippen LogP contribution in [-0.2, 0) is 4.74 Å². The molecule has 2 N–H and O–H groups in total. The van der Waals surface area contributed by atoms with E-state index in [0.717, 1.165) is 6.54 Å². The molecule has 0 bridgehead atoms. The second-order valence-corrected chi connectivity index (χ2v) is 5.28. The number of hydrogen-bond donors (Lipinski definition) is 2. The van der Waals surface area contributed by atoms with Gasteiger partial charge in [-0.1, -0.05) is 12.8 Å². The lowest BCUT2D eigenvalue weighted by Crippen LogP contribution is -2.38. The van der Waals surface area contributed by atoms with Crippen LogP contribution in [0, 0.1) is 18.3 Å². The summed E-state index contributed by atoms with van der Waals surface area (Å²) in [6.45, 7) is 10.8. The second kappa shape index (κ2) is 7.18. The first kappa shape index (κ1) is 15.8. The number of carbonyl (C=O) groups excluding carboxylic acids is 1. The van der Waals surface area contributed by atoms with Crippen molar-refractivity contribution in [2.45, 2.75) is 46.3 Å². The summed E-state index contributed by atoms with van der Waals surface area (Å²) in [6.07, 6.45) is 4.87. The van der Waals surface area contributed by atoms with Crippen molar-refractivity contribution in [2.24, 2.45) is 5.92 Å². The number of amides is 1. The van der Waals surface area contributed by atoms with Gasteiger partial charge in [-0.25, -0.2) is 4.79 Å². The second-order valence-electron chi connectivity index (χ2n) is 5.28. The van der Waals surface area contributed by atoms with Crippen LogP contribution in [0.15, 0.2) is 0 Å². The molecule has 0 rings (SSSR count). The molecule has 0 saturated carbocycles. The van der Waals surface area contributed by atoms with Crippen LogP contribution in [-0.4, -0.2) is 30.8 Å². The van der Waals surface area contributed by atoms with E-state index in [9.17, 15) is 4.79 Å². The molecule has 0 aromatic carbocycles. The third-order valence-corrected chi connectivity index (χ3v) is 2.02. The lowest BCUT2D eigenvalue weighted by Gasteiger charge is -2.21. The van der Waals surface area contributed by atoms with E-state index in [1.54, 1.807) is 0 Å². The van der Waals surface area contributed by atoms with Gasteiger partial charge in [-0.05, 0) is 33.6 Å². The Morgan fingerprint density at radius 3 is 2.41 bits per heavy atom. The van der Waals surface area contributed by atoms with Gasteiger partial charge < -0.3 is 15.4 Å². The molecule has 0 fully saturated rings. The van der Waals surface area contributed by atoms with Gasteiger partial charge in [0.15, 0.2) is 0 Å². The summed E-state index contributed by atoms with van der Waals surface area (Å²) in [7, 11) is 0. The van der Waals surface area contributed by atoms with Crippen molar-refractivity contribution in [1.82, 2.24) is 10.6 Å². The van der Waals surface area contributed by atoms with Crippen LogP contribution in [0.1, 0.15) is 34.6 Å². The molecule has 0 aromatic heterocycles. The molecule has 1 amide bonds. The van der Waals surface area contributed by atoms with E-state index in [1.807, 2.05) is 34.6 Å². The molecule has 0 aliphatic rings. The fourth-order valence-corrected chi connectivity index (χ4v) is 1.08. The average Bonchev–Trinajstić information content (AvgIpc) is 2.20. The molecule has 2 unspecified atom stereocenters. The SMILES string of the molecule is C#CC(C)NCC(C)CNC(=O)OC(C)(C)C. The molecule has 0 aliphatic carbocycles. The summed E-state index contributed by atoms with van der Waals surface area (Å²) in [5.41, 5.74) is -0.455. The molecule has 0 saturated heterocycles. The average molecular weight is 240 g/mol. The molecule has 4 heteroatoms. The Morgan fingerprint density at radius 1 is 1.35 bits per heavy atom. The highest BCUT2D eigenvalue weighted by molar-refractivity contribution is 5.67. The third-order valence-electron chi connectivity index (χ3n) is 2.02. The molecule has 0 radical (unpaired) electrons. The van der Waals surface area contributed by atoms with E-state index in [4.69, 9.17) is 11.2 Å². The zero-order valence-corrected chi connectivity index (χ0v) is 11.5. The number of rotatable bonds is 5. The van der Waals surface area contributed by atoms with Gasteiger partial charge in [-0.3, -0.25) is 0 Å². The van der Waals surface area contributed by atoms with Crippen molar-refractivity contribution in [3.8, 4) is 12.3 Å². The summed E-state index contributed by atoms with van der Waals surface area (Å²) in [5.74, 6) is 2.90. The van der Waals surface area contributed by atoms with Gasteiger partial charge in [0.05, 0.1) is 6.04 Å². The van der Waals surface area contributed by atoms with Crippen LogP contribution in [0.4, 0.5) is 4.79 Å². The summed E-state index contributed by atoms with van der Waals surface area (Å²) in [6, 6.07) is 0.0546. The Hall–Kier alpha value is -1.21. The minimum Gasteiger partial charge on any atom is -0.444 e. The monoisotopic (exact) mass is 240 g/mol. The van der Waals surface area contributed by atoms with Crippen LogP contribution in [0.25, 0.3) is 0 Å². The predicted molar refractivity (Wildman–Crippen MR) is 69.7 cm³/mol. The Kier molecular flexibility index (Phi) is 6.67. The van der Waals surface area contributed by atoms with Gasteiger partial charge in [0.25, 0.3) is 0 Å². The molecule has 0 heterocycles. The van der Waals surface area contributed by atoms with Crippen molar-refractivity contribution in [2.75, 3.05) is 13.1 Å². The van der Waals surface area contributed by atoms with Gasteiger partial charge in [0, 0.05) is 13.1 Å². The molecule has 0 aromatic rings. The lowest BCUT2D eigenvalue weighted by atomic mass is 10.1. The maximum absolute atomic E-state index is 11.4. The van der Waals surface area contributed by atoms with E-state index in [2.05, 4.69) is 16.6 Å². The minimum atomic E-state index is -0.455. The highest BCUT2D eigenvalue weighted by Gasteiger charge is 2.16. The van der Waals surface area contributed by atoms with Gasteiger partial charge in [0.1, 0.15) is 5.60 Å². The largest absolute Gasteiger partial charge is 0.444 e. The van der Waals surface area contributed by atoms with E-state index >= 15 is 0 Å². The Bertz CT molecular complexity index is 276. The smallest absolute Gasteiger partial charge is 0.407 e. The van der Waals surface area contributed by atoms with Crippen molar-refractivity contribution in [3.63, 3.8) is 0 Å². The van der Waals surface area contributed by atoms with Crippen LogP contribution in [0.3, 0.4) is 0 Å². The Morgan fingerprint density at radius 2 is 1.94 bits per heavy atom. The molecule has 98 valence electrons. The molecular formula is C13H24N2O2.